The van der Waals surface area contributed by atoms with Crippen LogP contribution in [0.1, 0.15) is 22.3 Å². The van der Waals surface area contributed by atoms with E-state index >= 15 is 0 Å². The molecule has 4 aromatic rings. The number of fused-ring (bicyclic) bond motifs is 1. The second-order valence-corrected chi connectivity index (χ2v) is 10.2. The van der Waals surface area contributed by atoms with E-state index in [0.29, 0.717) is 54.6 Å². The summed E-state index contributed by atoms with van der Waals surface area (Å²) in [5, 5.41) is 25.7. The maximum Gasteiger partial charge on any atom is 0.253 e. The van der Waals surface area contributed by atoms with Gasteiger partial charge in [-0.25, -0.2) is 9.97 Å². The van der Waals surface area contributed by atoms with Crippen molar-refractivity contribution in [2.45, 2.75) is 12.5 Å². The van der Waals surface area contributed by atoms with Gasteiger partial charge in [-0.2, -0.15) is 5.26 Å². The number of aliphatic hydroxyl groups excluding tert-OH is 1. The first kappa shape index (κ1) is 28.5. The Morgan fingerprint density at radius 3 is 2.83 bits per heavy atom. The molecule has 0 radical (unpaired) electrons. The van der Waals surface area contributed by atoms with Gasteiger partial charge >= 0.3 is 0 Å². The fourth-order valence-corrected chi connectivity index (χ4v) is 4.92. The average molecular weight is 565 g/mol. The first-order chi connectivity index (χ1) is 20.4. The molecule has 1 aliphatic heterocycles. The van der Waals surface area contributed by atoms with E-state index < -0.39 is 0 Å². The van der Waals surface area contributed by atoms with Gasteiger partial charge in [0.05, 0.1) is 24.1 Å². The zero-order chi connectivity index (χ0) is 29.5. The van der Waals surface area contributed by atoms with Crippen molar-refractivity contribution in [2.75, 3.05) is 50.5 Å². The molecular formula is C31H32N8O3. The van der Waals surface area contributed by atoms with Crippen molar-refractivity contribution in [2.24, 2.45) is 0 Å². The number of aromatic nitrogens is 3. The number of para-hydroxylation sites is 1. The molecule has 42 heavy (non-hydrogen) atoms. The SMILES string of the molecule is CN(CC=CC(=O)Nc1ccc(C(=O)N2CC[C@@H](Nc3ncc(C#N)c(-c4c[nH]c5ccccc45)n3)C2)cc1)CCO. The van der Waals surface area contributed by atoms with Gasteiger partial charge in [0.2, 0.25) is 11.9 Å². The largest absolute Gasteiger partial charge is 0.395 e. The van der Waals surface area contributed by atoms with Crippen LogP contribution in [0, 0.1) is 11.3 Å². The molecule has 1 fully saturated rings. The number of nitrogens with zero attached hydrogens (tertiary/aromatic N) is 5. The van der Waals surface area contributed by atoms with Gasteiger partial charge in [-0.15, -0.1) is 0 Å². The molecule has 2 aromatic heterocycles. The number of amides is 2. The molecule has 3 heterocycles. The second-order valence-electron chi connectivity index (χ2n) is 10.2. The highest BCUT2D eigenvalue weighted by atomic mass is 16.3. The van der Waals surface area contributed by atoms with Crippen LogP contribution in [0.2, 0.25) is 0 Å². The molecule has 0 unspecified atom stereocenters. The first-order valence-electron chi connectivity index (χ1n) is 13.7. The van der Waals surface area contributed by atoms with Crippen LogP contribution in [-0.2, 0) is 4.79 Å². The normalized spacial score (nSPS) is 14.9. The molecule has 0 spiro atoms. The lowest BCUT2D eigenvalue weighted by molar-refractivity contribution is -0.111. The predicted octanol–water partition coefficient (Wildman–Crippen LogP) is 3.24. The lowest BCUT2D eigenvalue weighted by atomic mass is 10.1. The van der Waals surface area contributed by atoms with Crippen molar-refractivity contribution < 1.29 is 14.7 Å². The topological polar surface area (TPSA) is 150 Å². The number of aromatic amines is 1. The fourth-order valence-electron chi connectivity index (χ4n) is 4.92. The van der Waals surface area contributed by atoms with Gasteiger partial charge in [-0.05, 0) is 43.8 Å². The molecule has 1 atom stereocenters. The summed E-state index contributed by atoms with van der Waals surface area (Å²) in [5.41, 5.74) is 3.85. The molecule has 11 heteroatoms. The molecule has 2 aromatic carbocycles. The van der Waals surface area contributed by atoms with E-state index in [-0.39, 0.29) is 24.5 Å². The molecule has 0 aliphatic carbocycles. The highest BCUT2D eigenvalue weighted by Gasteiger charge is 2.28. The third-order valence-corrected chi connectivity index (χ3v) is 7.13. The Morgan fingerprint density at radius 2 is 2.05 bits per heavy atom. The Kier molecular flexibility index (Phi) is 8.87. The predicted molar refractivity (Wildman–Crippen MR) is 161 cm³/mol. The number of likely N-dealkylation sites (tertiary alicyclic amines) is 1. The van der Waals surface area contributed by atoms with Gasteiger partial charge in [-0.1, -0.05) is 24.3 Å². The summed E-state index contributed by atoms with van der Waals surface area (Å²) in [6.07, 6.45) is 7.28. The van der Waals surface area contributed by atoms with Crippen LogP contribution in [0.4, 0.5) is 11.6 Å². The Hall–Kier alpha value is -5.05. The zero-order valence-corrected chi connectivity index (χ0v) is 23.2. The van der Waals surface area contributed by atoms with E-state index in [0.717, 1.165) is 22.9 Å². The van der Waals surface area contributed by atoms with Gasteiger partial charge in [-0.3, -0.25) is 9.59 Å². The minimum atomic E-state index is -0.266. The second kappa shape index (κ2) is 13.1. The summed E-state index contributed by atoms with van der Waals surface area (Å²) < 4.78 is 0. The van der Waals surface area contributed by atoms with Gasteiger partial charge in [0.15, 0.2) is 0 Å². The van der Waals surface area contributed by atoms with E-state index in [4.69, 9.17) is 5.11 Å². The van der Waals surface area contributed by atoms with Crippen LogP contribution in [-0.4, -0.2) is 87.5 Å². The molecule has 1 aliphatic rings. The minimum Gasteiger partial charge on any atom is -0.395 e. The Balaban J connectivity index is 1.18. The van der Waals surface area contributed by atoms with Gasteiger partial charge in [0.25, 0.3) is 5.91 Å². The van der Waals surface area contributed by atoms with Crippen LogP contribution in [0.5, 0.6) is 0 Å². The van der Waals surface area contributed by atoms with E-state index in [1.807, 2.05) is 42.4 Å². The Labute approximate surface area is 243 Å². The molecule has 2 amide bonds. The number of anilines is 2. The molecule has 0 bridgehead atoms. The maximum absolute atomic E-state index is 13.2. The summed E-state index contributed by atoms with van der Waals surface area (Å²) in [6, 6.07) is 16.8. The summed E-state index contributed by atoms with van der Waals surface area (Å²) in [4.78, 5) is 41.3. The number of hydrogen-bond donors (Lipinski definition) is 4. The molecule has 1 saturated heterocycles. The van der Waals surface area contributed by atoms with Gasteiger partial charge in [0, 0.05) is 72.2 Å². The third-order valence-electron chi connectivity index (χ3n) is 7.13. The number of H-pyrrole nitrogens is 1. The van der Waals surface area contributed by atoms with Crippen molar-refractivity contribution in [1.29, 1.82) is 5.26 Å². The van der Waals surface area contributed by atoms with Crippen LogP contribution >= 0.6 is 0 Å². The molecule has 5 rings (SSSR count). The molecular weight excluding hydrogens is 532 g/mol. The molecule has 11 nitrogen and oxygen atoms in total. The number of hydrogen-bond acceptors (Lipinski definition) is 8. The van der Waals surface area contributed by atoms with E-state index in [1.165, 1.54) is 12.3 Å². The van der Waals surface area contributed by atoms with Gasteiger partial charge in [0.1, 0.15) is 6.07 Å². The molecule has 4 N–H and O–H groups in total. The highest BCUT2D eigenvalue weighted by molar-refractivity contribution is 6.00. The smallest absolute Gasteiger partial charge is 0.253 e. The Morgan fingerprint density at radius 1 is 1.24 bits per heavy atom. The highest BCUT2D eigenvalue weighted by Crippen LogP contribution is 2.30. The monoisotopic (exact) mass is 564 g/mol. The number of nitrogens with one attached hydrogen (secondary N) is 3. The molecule has 214 valence electrons. The first-order valence-corrected chi connectivity index (χ1v) is 13.7. The quantitative estimate of drug-likeness (QED) is 0.214. The lowest BCUT2D eigenvalue weighted by Crippen LogP contribution is -2.31. The minimum absolute atomic E-state index is 0.0422. The maximum atomic E-state index is 13.2. The van der Waals surface area contributed by atoms with E-state index in [2.05, 4.69) is 31.7 Å². The van der Waals surface area contributed by atoms with E-state index in [1.54, 1.807) is 35.2 Å². The number of benzene rings is 2. The number of rotatable bonds is 10. The summed E-state index contributed by atoms with van der Waals surface area (Å²) in [6.45, 7) is 2.21. The lowest BCUT2D eigenvalue weighted by Gasteiger charge is -2.18. The number of nitriles is 1. The van der Waals surface area contributed by atoms with Crippen LogP contribution in [0.15, 0.2) is 73.1 Å². The van der Waals surface area contributed by atoms with Crippen molar-refractivity contribution in [3.63, 3.8) is 0 Å². The van der Waals surface area contributed by atoms with Crippen molar-refractivity contribution in [3.8, 4) is 17.3 Å². The fraction of sp³-hybridized carbons (Fsp3) is 0.258. The molecule has 0 saturated carbocycles. The number of carbonyl (C=O) groups excluding carboxylic acids is 2. The van der Waals surface area contributed by atoms with E-state index in [9.17, 15) is 14.9 Å². The van der Waals surface area contributed by atoms with Crippen molar-refractivity contribution in [3.05, 3.63) is 84.2 Å². The van der Waals surface area contributed by atoms with Crippen LogP contribution in [0.25, 0.3) is 22.2 Å². The van der Waals surface area contributed by atoms with Gasteiger partial charge < -0.3 is 30.5 Å². The standard InChI is InChI=1S/C31H32N8O3/c1-38(15-16-40)13-4-7-28(41)35-23-10-8-21(9-11-23)30(42)39-14-12-24(20-39)36-31-34-18-22(17-32)29(37-31)26-19-33-27-6-3-2-5-25(26)27/h2-11,18-19,24,33,40H,12-16,20H2,1H3,(H,35,41)(H,34,36,37)/t24-/m1/s1. The van der Waals surface area contributed by atoms with Crippen molar-refractivity contribution >= 4 is 34.4 Å². The zero-order valence-electron chi connectivity index (χ0n) is 23.2. The number of likely N-dealkylation sites (N-methyl/N-ethyl adjacent to an activating group) is 1. The number of aliphatic hydroxyl groups is 1. The summed E-state index contributed by atoms with van der Waals surface area (Å²) in [5.74, 6) is 0.0461. The average Bonchev–Trinajstić information content (AvgIpc) is 3.65. The summed E-state index contributed by atoms with van der Waals surface area (Å²) in [7, 11) is 1.86. The van der Waals surface area contributed by atoms with Crippen LogP contribution in [0.3, 0.4) is 0 Å². The number of carbonyl (C=O) groups is 2. The summed E-state index contributed by atoms with van der Waals surface area (Å²) >= 11 is 0. The van der Waals surface area contributed by atoms with Crippen LogP contribution < -0.4 is 10.6 Å². The third kappa shape index (κ3) is 6.63. The van der Waals surface area contributed by atoms with Crippen molar-refractivity contribution in [1.82, 2.24) is 24.8 Å². The Bertz CT molecular complexity index is 1640.